The van der Waals surface area contributed by atoms with E-state index in [1.807, 2.05) is 6.92 Å². The zero-order valence-electron chi connectivity index (χ0n) is 13.3. The zero-order chi connectivity index (χ0) is 14.3. The number of benzene rings is 1. The van der Waals surface area contributed by atoms with Crippen LogP contribution in [-0.4, -0.2) is 23.5 Å². The molecule has 2 atom stereocenters. The lowest BCUT2D eigenvalue weighted by molar-refractivity contribution is 0.252. The fourth-order valence-electron chi connectivity index (χ4n) is 1.81. The van der Waals surface area contributed by atoms with E-state index in [-0.39, 0.29) is 42.3 Å². The third-order valence-corrected chi connectivity index (χ3v) is 2.86. The fraction of sp³-hybridized carbons (Fsp3) is 0.500. The van der Waals surface area contributed by atoms with Crippen LogP contribution in [0.2, 0.25) is 0 Å². The van der Waals surface area contributed by atoms with Crippen molar-refractivity contribution in [3.8, 4) is 0 Å². The van der Waals surface area contributed by atoms with Gasteiger partial charge in [0.25, 0.3) is 0 Å². The molecule has 1 aromatic rings. The van der Waals surface area contributed by atoms with Crippen LogP contribution in [0.4, 0.5) is 0 Å². The third kappa shape index (κ3) is 1.97. The first kappa shape index (κ1) is 5.29. The van der Waals surface area contributed by atoms with Crippen molar-refractivity contribution in [3.05, 3.63) is 35.8 Å². The molecule has 0 unspecified atom stereocenters. The normalized spacial score (nSPS) is 33.1. The highest BCUT2D eigenvalue weighted by molar-refractivity contribution is 5.15. The minimum absolute atomic E-state index is 0.0877. The maximum absolute atomic E-state index is 7.89. The minimum atomic E-state index is -0.343. The molecular weight excluding hydrogens is 172 g/mol. The highest BCUT2D eigenvalue weighted by Crippen LogP contribution is 2.18. The van der Waals surface area contributed by atoms with Crippen LogP contribution in [0.1, 0.15) is 25.8 Å². The van der Waals surface area contributed by atoms with Gasteiger partial charge in [-0.15, -0.1) is 0 Å². The van der Waals surface area contributed by atoms with Crippen LogP contribution in [-0.2, 0) is 6.54 Å². The Balaban J connectivity index is 2.36. The van der Waals surface area contributed by atoms with Gasteiger partial charge in [-0.1, -0.05) is 30.2 Å². The van der Waals surface area contributed by atoms with Gasteiger partial charge >= 0.3 is 0 Å². The van der Waals surface area contributed by atoms with Gasteiger partial charge in [0.2, 0.25) is 0 Å². The summed E-state index contributed by atoms with van der Waals surface area (Å²) in [6, 6.07) is -0.857. The summed E-state index contributed by atoms with van der Waals surface area (Å²) in [6.07, 6.45) is 0.875. The molecule has 76 valence electrons. The van der Waals surface area contributed by atoms with Crippen molar-refractivity contribution in [2.45, 2.75) is 32.0 Å². The summed E-state index contributed by atoms with van der Waals surface area (Å²) in [7, 11) is 0. The Labute approximate surface area is 92.7 Å². The standard InChI is InChI=1S/C12H18N2/c1-10-12(13)7-8-14(10)9-11-5-3-2-4-6-11/h2-6,10,12H,7-9,13H2,1H3/t10-,12-/m1/s1/i2D,3D,4D,5D,6D. The first-order chi connectivity index (χ1) is 8.84. The van der Waals surface area contributed by atoms with Crippen LogP contribution in [0.5, 0.6) is 0 Å². The van der Waals surface area contributed by atoms with Crippen molar-refractivity contribution in [1.82, 2.24) is 4.90 Å². The Kier molecular flexibility index (Phi) is 1.55. The van der Waals surface area contributed by atoms with Crippen molar-refractivity contribution < 1.29 is 6.85 Å². The SMILES string of the molecule is [2H]c1c([2H])c([2H])c(CN2CC[C@@H](N)[C@H]2C)c([2H])c1[2H]. The molecule has 1 fully saturated rings. The fourth-order valence-corrected chi connectivity index (χ4v) is 1.81. The number of nitrogens with zero attached hydrogens (tertiary/aromatic N) is 1. The Bertz CT molecular complexity index is 476. The maximum Gasteiger partial charge on any atom is 0.0626 e. The maximum atomic E-state index is 7.89. The Morgan fingerprint density at radius 1 is 1.50 bits per heavy atom. The Morgan fingerprint density at radius 2 is 2.21 bits per heavy atom. The molecule has 1 aliphatic rings. The summed E-state index contributed by atoms with van der Waals surface area (Å²) >= 11 is 0. The van der Waals surface area contributed by atoms with Crippen LogP contribution in [0.15, 0.2) is 30.2 Å². The second-order valence-electron chi connectivity index (χ2n) is 3.77. The van der Waals surface area contributed by atoms with E-state index in [1.165, 1.54) is 0 Å². The average molecular weight is 195 g/mol. The highest BCUT2D eigenvalue weighted by atomic mass is 15.2. The average Bonchev–Trinajstić information content (AvgIpc) is 2.71. The quantitative estimate of drug-likeness (QED) is 0.777. The number of nitrogens with two attached hydrogens (primary N) is 1. The Morgan fingerprint density at radius 3 is 2.79 bits per heavy atom. The van der Waals surface area contributed by atoms with Gasteiger partial charge in [0, 0.05) is 25.2 Å². The second-order valence-corrected chi connectivity index (χ2v) is 3.77. The van der Waals surface area contributed by atoms with Crippen LogP contribution >= 0.6 is 0 Å². The first-order valence-corrected chi connectivity index (χ1v) is 4.90. The molecule has 0 spiro atoms. The predicted octanol–water partition coefficient (Wildman–Crippen LogP) is 1.61. The summed E-state index contributed by atoms with van der Waals surface area (Å²) in [5.41, 5.74) is 6.30. The molecule has 0 aliphatic carbocycles. The molecule has 0 bridgehead atoms. The van der Waals surface area contributed by atoms with Crippen molar-refractivity contribution >= 4 is 0 Å². The van der Waals surface area contributed by atoms with Gasteiger partial charge in [-0.3, -0.25) is 4.90 Å². The summed E-state index contributed by atoms with van der Waals surface area (Å²) in [5.74, 6) is 0. The predicted molar refractivity (Wildman–Crippen MR) is 58.9 cm³/mol. The molecule has 2 N–H and O–H groups in total. The van der Waals surface area contributed by atoms with Gasteiger partial charge in [0.1, 0.15) is 0 Å². The van der Waals surface area contributed by atoms with Crippen molar-refractivity contribution in [3.63, 3.8) is 0 Å². The van der Waals surface area contributed by atoms with Gasteiger partial charge in [-0.2, -0.15) is 0 Å². The largest absolute Gasteiger partial charge is 0.326 e. The molecule has 1 saturated heterocycles. The lowest BCUT2D eigenvalue weighted by Crippen LogP contribution is -2.36. The van der Waals surface area contributed by atoms with Gasteiger partial charge < -0.3 is 5.73 Å². The molecule has 1 aromatic carbocycles. The molecule has 0 amide bonds. The topological polar surface area (TPSA) is 29.3 Å². The van der Waals surface area contributed by atoms with E-state index in [0.29, 0.717) is 12.1 Å². The molecule has 2 rings (SSSR count). The van der Waals surface area contributed by atoms with Crippen LogP contribution in [0, 0.1) is 0 Å². The van der Waals surface area contributed by atoms with E-state index >= 15 is 0 Å². The molecule has 2 nitrogen and oxygen atoms in total. The van der Waals surface area contributed by atoms with E-state index in [1.54, 1.807) is 0 Å². The van der Waals surface area contributed by atoms with Gasteiger partial charge in [0.15, 0.2) is 0 Å². The molecule has 14 heavy (non-hydrogen) atoms. The van der Waals surface area contributed by atoms with Crippen molar-refractivity contribution in [2.75, 3.05) is 6.54 Å². The molecule has 0 radical (unpaired) electrons. The molecule has 1 aliphatic heterocycles. The summed E-state index contributed by atoms with van der Waals surface area (Å²) < 4.78 is 38.6. The van der Waals surface area contributed by atoms with Crippen LogP contribution in [0.25, 0.3) is 0 Å². The summed E-state index contributed by atoms with van der Waals surface area (Å²) in [5, 5.41) is 0. The molecule has 0 aromatic heterocycles. The molecule has 2 heteroatoms. The van der Waals surface area contributed by atoms with E-state index in [0.717, 1.165) is 13.0 Å². The zero-order valence-corrected chi connectivity index (χ0v) is 8.30. The van der Waals surface area contributed by atoms with Gasteiger partial charge in [-0.25, -0.2) is 0 Å². The van der Waals surface area contributed by atoms with E-state index in [9.17, 15) is 0 Å². The van der Waals surface area contributed by atoms with Crippen molar-refractivity contribution in [1.29, 1.82) is 0 Å². The molecule has 1 heterocycles. The minimum Gasteiger partial charge on any atom is -0.326 e. The van der Waals surface area contributed by atoms with E-state index in [2.05, 4.69) is 4.90 Å². The number of hydrogen-bond donors (Lipinski definition) is 1. The highest BCUT2D eigenvalue weighted by Gasteiger charge is 2.27. The smallest absolute Gasteiger partial charge is 0.0626 e. The number of hydrogen-bond acceptors (Lipinski definition) is 2. The van der Waals surface area contributed by atoms with E-state index < -0.39 is 0 Å². The van der Waals surface area contributed by atoms with Gasteiger partial charge in [0.05, 0.1) is 6.85 Å². The number of likely N-dealkylation sites (tertiary alicyclic amines) is 1. The summed E-state index contributed by atoms with van der Waals surface area (Å²) in [4.78, 5) is 2.07. The summed E-state index contributed by atoms with van der Waals surface area (Å²) in [6.45, 7) is 3.15. The van der Waals surface area contributed by atoms with Crippen molar-refractivity contribution in [2.24, 2.45) is 5.73 Å². The van der Waals surface area contributed by atoms with E-state index in [4.69, 9.17) is 12.6 Å². The van der Waals surface area contributed by atoms with Crippen LogP contribution < -0.4 is 5.73 Å². The molecular formula is C12H18N2. The molecule has 0 saturated carbocycles. The number of rotatable bonds is 2. The monoisotopic (exact) mass is 195 g/mol. The van der Waals surface area contributed by atoms with Gasteiger partial charge in [-0.05, 0) is 18.9 Å². The third-order valence-electron chi connectivity index (χ3n) is 2.86. The first-order valence-electron chi connectivity index (χ1n) is 7.40. The Hall–Kier alpha value is -0.860. The lowest BCUT2D eigenvalue weighted by atomic mass is 10.1. The lowest BCUT2D eigenvalue weighted by Gasteiger charge is -2.22. The van der Waals surface area contributed by atoms with Crippen LogP contribution in [0.3, 0.4) is 0 Å². The second kappa shape index (κ2) is 4.11.